The van der Waals surface area contributed by atoms with Gasteiger partial charge in [0, 0.05) is 6.04 Å². The lowest BCUT2D eigenvalue weighted by atomic mass is 9.94. The third-order valence-corrected chi connectivity index (χ3v) is 5.95. The molecule has 1 aromatic carbocycles. The Morgan fingerprint density at radius 3 is 2.55 bits per heavy atom. The molecule has 1 heterocycles. The summed E-state index contributed by atoms with van der Waals surface area (Å²) in [7, 11) is 1.55. The number of furan rings is 1. The molecule has 0 saturated heterocycles. The minimum atomic E-state index is -0.898. The van der Waals surface area contributed by atoms with Crippen LogP contribution in [0.2, 0.25) is 0 Å². The lowest BCUT2D eigenvalue weighted by molar-refractivity contribution is -0.140. The molecule has 1 aliphatic carbocycles. The van der Waals surface area contributed by atoms with Gasteiger partial charge in [0.25, 0.3) is 0 Å². The zero-order valence-electron chi connectivity index (χ0n) is 19.5. The van der Waals surface area contributed by atoms with Crippen molar-refractivity contribution in [2.24, 2.45) is 0 Å². The van der Waals surface area contributed by atoms with Gasteiger partial charge in [0.15, 0.2) is 11.5 Å². The molecule has 180 valence electrons. The number of ether oxygens (including phenoxy) is 2. The van der Waals surface area contributed by atoms with E-state index < -0.39 is 6.04 Å². The molecule has 0 unspecified atom stereocenters. The lowest BCUT2D eigenvalue weighted by Crippen LogP contribution is -2.47. The summed E-state index contributed by atoms with van der Waals surface area (Å²) in [6.07, 6.45) is 6.72. The molecule has 3 rings (SSSR count). The van der Waals surface area contributed by atoms with Gasteiger partial charge in [-0.15, -0.1) is 11.6 Å². The van der Waals surface area contributed by atoms with Gasteiger partial charge in [-0.2, -0.15) is 0 Å². The summed E-state index contributed by atoms with van der Waals surface area (Å²) in [5, 5.41) is 3.16. The summed E-state index contributed by atoms with van der Waals surface area (Å²) >= 11 is 5.96. The number of benzene rings is 1. The van der Waals surface area contributed by atoms with Crippen LogP contribution in [0, 0.1) is 0 Å². The maximum absolute atomic E-state index is 13.6. The molecule has 0 radical (unpaired) electrons. The molecule has 1 saturated carbocycles. The van der Waals surface area contributed by atoms with Crippen LogP contribution in [0.15, 0.2) is 41.0 Å². The number of hydrogen-bond donors (Lipinski definition) is 1. The second-order valence-electron chi connectivity index (χ2n) is 8.56. The lowest BCUT2D eigenvalue weighted by Gasteiger charge is -2.33. The molecule has 8 heteroatoms. The van der Waals surface area contributed by atoms with Crippen LogP contribution in [-0.4, -0.2) is 41.8 Å². The summed E-state index contributed by atoms with van der Waals surface area (Å²) in [5.74, 6) is 0.775. The molecule has 0 aliphatic heterocycles. The molecule has 1 fully saturated rings. The van der Waals surface area contributed by atoms with Crippen LogP contribution in [0.4, 0.5) is 0 Å². The summed E-state index contributed by atoms with van der Waals surface area (Å²) in [6, 6.07) is 8.02. The fourth-order valence-corrected chi connectivity index (χ4v) is 4.33. The van der Waals surface area contributed by atoms with E-state index in [1.807, 2.05) is 13.8 Å². The maximum atomic E-state index is 13.6. The first-order valence-corrected chi connectivity index (χ1v) is 12.0. The van der Waals surface area contributed by atoms with Gasteiger partial charge in [0.05, 0.1) is 26.0 Å². The molecular formula is C25H33ClN2O5. The molecular weight excluding hydrogens is 444 g/mol. The highest BCUT2D eigenvalue weighted by atomic mass is 35.5. The number of carbonyl (C=O) groups is 2. The third-order valence-electron chi connectivity index (χ3n) is 5.72. The van der Waals surface area contributed by atoms with Crippen molar-refractivity contribution in [1.29, 1.82) is 0 Å². The van der Waals surface area contributed by atoms with E-state index in [4.69, 9.17) is 25.5 Å². The Bertz CT molecular complexity index is 910. The van der Waals surface area contributed by atoms with Gasteiger partial charge in [0.1, 0.15) is 17.7 Å². The Hall–Kier alpha value is -2.67. The van der Waals surface area contributed by atoms with E-state index in [1.54, 1.807) is 37.4 Å². The first-order valence-electron chi connectivity index (χ1n) is 11.5. The zero-order chi connectivity index (χ0) is 23.8. The summed E-state index contributed by atoms with van der Waals surface area (Å²) in [5.41, 5.74) is 0.612. The van der Waals surface area contributed by atoms with E-state index in [0.717, 1.165) is 25.7 Å². The number of nitrogens with zero attached hydrogens (tertiary/aromatic N) is 1. The van der Waals surface area contributed by atoms with Crippen molar-refractivity contribution in [2.75, 3.05) is 13.0 Å². The van der Waals surface area contributed by atoms with Crippen LogP contribution >= 0.6 is 11.6 Å². The monoisotopic (exact) mass is 476 g/mol. The Balaban J connectivity index is 1.99. The smallest absolute Gasteiger partial charge is 0.247 e. The van der Waals surface area contributed by atoms with Gasteiger partial charge in [0.2, 0.25) is 11.8 Å². The van der Waals surface area contributed by atoms with Gasteiger partial charge in [-0.25, -0.2) is 0 Å². The first kappa shape index (κ1) is 25.0. The van der Waals surface area contributed by atoms with Crippen LogP contribution in [0.25, 0.3) is 0 Å². The van der Waals surface area contributed by atoms with E-state index in [0.29, 0.717) is 22.8 Å². The standard InChI is InChI=1S/C25H33ClN2O5/c1-17(2)33-21-12-11-18(14-22(21)31-3)24(25(30)27-19-8-5-4-6-9-19)28(23(29)15-26)16-20-10-7-13-32-20/h7,10-14,17,19,24H,4-6,8-9,15-16H2,1-3H3,(H,27,30)/t24-/m1/s1. The third kappa shape index (κ3) is 6.67. The maximum Gasteiger partial charge on any atom is 0.247 e. The topological polar surface area (TPSA) is 81.0 Å². The van der Waals surface area contributed by atoms with Crippen LogP contribution in [-0.2, 0) is 16.1 Å². The number of methoxy groups -OCH3 is 1. The van der Waals surface area contributed by atoms with E-state index in [9.17, 15) is 9.59 Å². The van der Waals surface area contributed by atoms with Crippen molar-refractivity contribution in [3.63, 3.8) is 0 Å². The molecule has 0 bridgehead atoms. The number of amides is 2. The molecule has 0 spiro atoms. The predicted molar refractivity (Wildman–Crippen MR) is 126 cm³/mol. The molecule has 1 aliphatic rings. The van der Waals surface area contributed by atoms with Crippen LogP contribution in [0.3, 0.4) is 0 Å². The van der Waals surface area contributed by atoms with Crippen LogP contribution in [0.1, 0.15) is 63.3 Å². The van der Waals surface area contributed by atoms with Gasteiger partial charge in [-0.05, 0) is 56.5 Å². The number of alkyl halides is 1. The van der Waals surface area contributed by atoms with Gasteiger partial charge >= 0.3 is 0 Å². The van der Waals surface area contributed by atoms with E-state index in [2.05, 4.69) is 5.32 Å². The Labute approximate surface area is 200 Å². The van der Waals surface area contributed by atoms with Gasteiger partial charge in [-0.3, -0.25) is 9.59 Å². The molecule has 2 amide bonds. The summed E-state index contributed by atoms with van der Waals surface area (Å²) in [4.78, 5) is 28.0. The molecule has 7 nitrogen and oxygen atoms in total. The fraction of sp³-hybridized carbons (Fsp3) is 0.520. The largest absolute Gasteiger partial charge is 0.493 e. The average Bonchev–Trinajstić information content (AvgIpc) is 3.32. The number of hydrogen-bond acceptors (Lipinski definition) is 5. The Kier molecular flexibility index (Phi) is 9.06. The highest BCUT2D eigenvalue weighted by molar-refractivity contribution is 6.27. The summed E-state index contributed by atoms with van der Waals surface area (Å²) in [6.45, 7) is 3.98. The van der Waals surface area contributed by atoms with E-state index in [1.165, 1.54) is 17.6 Å². The highest BCUT2D eigenvalue weighted by Gasteiger charge is 2.34. The number of halogens is 1. The highest BCUT2D eigenvalue weighted by Crippen LogP contribution is 2.34. The van der Waals surface area contributed by atoms with Crippen molar-refractivity contribution in [1.82, 2.24) is 10.2 Å². The predicted octanol–water partition coefficient (Wildman–Crippen LogP) is 4.83. The van der Waals surface area contributed by atoms with Crippen molar-refractivity contribution >= 4 is 23.4 Å². The molecule has 1 atom stereocenters. The minimum absolute atomic E-state index is 0.0385. The zero-order valence-corrected chi connectivity index (χ0v) is 20.3. The van der Waals surface area contributed by atoms with E-state index in [-0.39, 0.29) is 36.4 Å². The second-order valence-corrected chi connectivity index (χ2v) is 8.82. The first-order chi connectivity index (χ1) is 15.9. The summed E-state index contributed by atoms with van der Waals surface area (Å²) < 4.78 is 16.8. The van der Waals surface area contributed by atoms with Crippen molar-refractivity contribution in [2.45, 2.75) is 70.7 Å². The van der Waals surface area contributed by atoms with Crippen LogP contribution in [0.5, 0.6) is 11.5 Å². The number of nitrogens with one attached hydrogen (secondary N) is 1. The van der Waals surface area contributed by atoms with Crippen molar-refractivity contribution in [3.05, 3.63) is 47.9 Å². The Morgan fingerprint density at radius 1 is 1.18 bits per heavy atom. The van der Waals surface area contributed by atoms with Crippen molar-refractivity contribution in [3.8, 4) is 11.5 Å². The normalized spacial score (nSPS) is 15.2. The van der Waals surface area contributed by atoms with Crippen LogP contribution < -0.4 is 14.8 Å². The molecule has 33 heavy (non-hydrogen) atoms. The minimum Gasteiger partial charge on any atom is -0.493 e. The number of carbonyl (C=O) groups excluding carboxylic acids is 2. The fourth-order valence-electron chi connectivity index (χ4n) is 4.18. The molecule has 2 aromatic rings. The van der Waals surface area contributed by atoms with Gasteiger partial charge in [-0.1, -0.05) is 25.3 Å². The average molecular weight is 477 g/mol. The van der Waals surface area contributed by atoms with E-state index >= 15 is 0 Å². The molecule has 1 aromatic heterocycles. The van der Waals surface area contributed by atoms with Gasteiger partial charge < -0.3 is 24.1 Å². The second kappa shape index (κ2) is 12.0. The van der Waals surface area contributed by atoms with Crippen molar-refractivity contribution < 1.29 is 23.5 Å². The number of rotatable bonds is 10. The SMILES string of the molecule is COc1cc([C@H](C(=O)NC2CCCCC2)N(Cc2ccco2)C(=O)CCl)ccc1OC(C)C. The Morgan fingerprint density at radius 2 is 1.94 bits per heavy atom. The quantitative estimate of drug-likeness (QED) is 0.496. The molecule has 1 N–H and O–H groups in total.